The van der Waals surface area contributed by atoms with Crippen molar-refractivity contribution in [2.24, 2.45) is 0 Å². The van der Waals surface area contributed by atoms with Gasteiger partial charge in [-0.15, -0.1) is 0 Å². The first-order valence-corrected chi connectivity index (χ1v) is 13.2. The highest BCUT2D eigenvalue weighted by Crippen LogP contribution is 2.31. The molecule has 8 heteroatoms. The predicted octanol–water partition coefficient (Wildman–Crippen LogP) is 4.47. The van der Waals surface area contributed by atoms with Crippen molar-refractivity contribution in [2.75, 3.05) is 19.7 Å². The van der Waals surface area contributed by atoms with Crippen LogP contribution in [0.3, 0.4) is 0 Å². The fraction of sp³-hybridized carbons (Fsp3) is 0.400. The number of amides is 1. The second kappa shape index (κ2) is 10.7. The molecule has 0 radical (unpaired) electrons. The first kappa shape index (κ1) is 23.8. The van der Waals surface area contributed by atoms with Crippen molar-refractivity contribution in [3.63, 3.8) is 0 Å². The average molecular weight is 489 g/mol. The molecule has 0 atom stereocenters. The van der Waals surface area contributed by atoms with Crippen LogP contribution in [0.4, 0.5) is 0 Å². The van der Waals surface area contributed by atoms with Crippen molar-refractivity contribution in [1.29, 1.82) is 0 Å². The topological polar surface area (TPSA) is 75.7 Å². The maximum absolute atomic E-state index is 13.1. The predicted molar refractivity (Wildman–Crippen MR) is 129 cm³/mol. The largest absolute Gasteiger partial charge is 0.482 e. The summed E-state index contributed by atoms with van der Waals surface area (Å²) in [4.78, 5) is 12.2. The Balaban J connectivity index is 1.32. The van der Waals surface area contributed by atoms with Crippen molar-refractivity contribution in [1.82, 2.24) is 9.62 Å². The summed E-state index contributed by atoms with van der Waals surface area (Å²) in [6.07, 6.45) is 8.51. The summed E-state index contributed by atoms with van der Waals surface area (Å²) in [5.41, 5.74) is 3.60. The Kier molecular flexibility index (Phi) is 7.73. The molecular formula is C25H29ClN2O4S. The third kappa shape index (κ3) is 5.96. The Labute approximate surface area is 200 Å². The molecule has 0 bridgehead atoms. The molecule has 0 saturated heterocycles. The number of nitrogens with one attached hydrogen (secondary N) is 1. The molecule has 2 aromatic carbocycles. The smallest absolute Gasteiger partial charge is 0.257 e. The zero-order chi connectivity index (χ0) is 23.3. The van der Waals surface area contributed by atoms with E-state index in [0.29, 0.717) is 26.1 Å². The van der Waals surface area contributed by atoms with Crippen LogP contribution in [-0.4, -0.2) is 38.3 Å². The molecule has 1 heterocycles. The molecule has 0 fully saturated rings. The lowest BCUT2D eigenvalue weighted by atomic mass is 9.97. The van der Waals surface area contributed by atoms with Crippen LogP contribution in [0.25, 0.3) is 0 Å². The van der Waals surface area contributed by atoms with Crippen molar-refractivity contribution in [3.05, 3.63) is 70.3 Å². The highest BCUT2D eigenvalue weighted by molar-refractivity contribution is 7.89. The van der Waals surface area contributed by atoms with E-state index in [4.69, 9.17) is 16.3 Å². The Bertz CT molecular complexity index is 1150. The van der Waals surface area contributed by atoms with E-state index in [2.05, 4.69) is 11.4 Å². The van der Waals surface area contributed by atoms with E-state index >= 15 is 0 Å². The number of nitrogens with zero attached hydrogens (tertiary/aromatic N) is 1. The van der Waals surface area contributed by atoms with Crippen molar-refractivity contribution in [2.45, 2.75) is 50.0 Å². The Morgan fingerprint density at radius 1 is 1.09 bits per heavy atom. The van der Waals surface area contributed by atoms with E-state index in [-0.39, 0.29) is 28.2 Å². The first-order chi connectivity index (χ1) is 15.9. The van der Waals surface area contributed by atoms with Gasteiger partial charge in [0.05, 0.1) is 9.92 Å². The van der Waals surface area contributed by atoms with Crippen LogP contribution in [-0.2, 0) is 27.8 Å². The second-order valence-corrected chi connectivity index (χ2v) is 10.8. The lowest BCUT2D eigenvalue weighted by Crippen LogP contribution is -2.35. The molecule has 0 spiro atoms. The number of halogens is 1. The summed E-state index contributed by atoms with van der Waals surface area (Å²) in [5.74, 6) is 0.0518. The first-order valence-electron chi connectivity index (χ1n) is 11.4. The van der Waals surface area contributed by atoms with Gasteiger partial charge in [-0.25, -0.2) is 8.42 Å². The van der Waals surface area contributed by atoms with Gasteiger partial charge < -0.3 is 10.1 Å². The molecule has 2 aromatic rings. The molecule has 0 aromatic heterocycles. The lowest BCUT2D eigenvalue weighted by Gasteiger charge is -2.28. The quantitative estimate of drug-likeness (QED) is 0.556. The SMILES string of the molecule is O=C(COc1ccc(S(=O)(=O)N2CCc3ccccc3C2)cc1Cl)NCCC1=CCCCC1. The van der Waals surface area contributed by atoms with Crippen LogP contribution < -0.4 is 10.1 Å². The van der Waals surface area contributed by atoms with Crippen LogP contribution in [0.5, 0.6) is 5.75 Å². The molecule has 4 rings (SSSR count). The standard InChI is InChI=1S/C25H29ClN2O4S/c26-23-16-22(33(30,31)28-15-13-20-8-4-5-9-21(20)17-28)10-11-24(23)32-18-25(29)27-14-12-19-6-2-1-3-7-19/h4-6,8-11,16H,1-3,7,12-15,17-18H2,(H,27,29). The Morgan fingerprint density at radius 3 is 2.67 bits per heavy atom. The number of carbonyl (C=O) groups excluding carboxylic acids is 1. The van der Waals surface area contributed by atoms with Crippen LogP contribution in [0.15, 0.2) is 59.0 Å². The summed E-state index contributed by atoms with van der Waals surface area (Å²) in [5, 5.41) is 3.02. The number of ether oxygens (including phenoxy) is 1. The number of hydrogen-bond donors (Lipinski definition) is 1. The monoisotopic (exact) mass is 488 g/mol. The molecule has 176 valence electrons. The minimum atomic E-state index is -3.69. The molecule has 1 aliphatic heterocycles. The number of allylic oxidation sites excluding steroid dienone is 1. The molecule has 1 aliphatic carbocycles. The normalized spacial score (nSPS) is 16.6. The fourth-order valence-electron chi connectivity index (χ4n) is 4.27. The minimum Gasteiger partial charge on any atom is -0.482 e. The molecule has 6 nitrogen and oxygen atoms in total. The van der Waals surface area contributed by atoms with Crippen molar-refractivity contribution >= 4 is 27.5 Å². The molecular weight excluding hydrogens is 460 g/mol. The molecule has 1 N–H and O–H groups in total. The molecule has 2 aliphatic rings. The van der Waals surface area contributed by atoms with Gasteiger partial charge in [0.2, 0.25) is 10.0 Å². The molecule has 0 unspecified atom stereocenters. The maximum Gasteiger partial charge on any atom is 0.257 e. The van der Waals surface area contributed by atoms with Crippen LogP contribution >= 0.6 is 11.6 Å². The van der Waals surface area contributed by atoms with Gasteiger partial charge >= 0.3 is 0 Å². The van der Waals surface area contributed by atoms with E-state index in [1.54, 1.807) is 0 Å². The lowest BCUT2D eigenvalue weighted by molar-refractivity contribution is -0.123. The van der Waals surface area contributed by atoms with E-state index in [9.17, 15) is 13.2 Å². The van der Waals surface area contributed by atoms with E-state index in [0.717, 1.165) is 24.8 Å². The molecule has 0 saturated carbocycles. The van der Waals surface area contributed by atoms with Gasteiger partial charge in [0.25, 0.3) is 5.91 Å². The third-order valence-corrected chi connectivity index (χ3v) is 8.29. The zero-order valence-electron chi connectivity index (χ0n) is 18.6. The number of benzene rings is 2. The molecule has 33 heavy (non-hydrogen) atoms. The highest BCUT2D eigenvalue weighted by Gasteiger charge is 2.28. The minimum absolute atomic E-state index is 0.115. The van der Waals surface area contributed by atoms with Gasteiger partial charge in [-0.3, -0.25) is 4.79 Å². The number of hydrogen-bond acceptors (Lipinski definition) is 4. The highest BCUT2D eigenvalue weighted by atomic mass is 35.5. The number of sulfonamides is 1. The molecule has 1 amide bonds. The summed E-state index contributed by atoms with van der Waals surface area (Å²) in [6.45, 7) is 1.17. The maximum atomic E-state index is 13.1. The summed E-state index contributed by atoms with van der Waals surface area (Å²) < 4.78 is 33.3. The Hall–Kier alpha value is -2.35. The van der Waals surface area contributed by atoms with Crippen LogP contribution in [0, 0.1) is 0 Å². The van der Waals surface area contributed by atoms with E-state index < -0.39 is 10.0 Å². The van der Waals surface area contributed by atoms with Crippen molar-refractivity contribution in [3.8, 4) is 5.75 Å². The zero-order valence-corrected chi connectivity index (χ0v) is 20.1. The Morgan fingerprint density at radius 2 is 1.91 bits per heavy atom. The third-order valence-electron chi connectivity index (χ3n) is 6.15. The number of rotatable bonds is 8. The van der Waals surface area contributed by atoms with E-state index in [1.807, 2.05) is 24.3 Å². The van der Waals surface area contributed by atoms with Gasteiger partial charge in [0, 0.05) is 19.6 Å². The fourth-order valence-corrected chi connectivity index (χ4v) is 6.02. The summed E-state index contributed by atoms with van der Waals surface area (Å²) >= 11 is 6.30. The van der Waals surface area contributed by atoms with Gasteiger partial charge in [0.1, 0.15) is 5.75 Å². The van der Waals surface area contributed by atoms with Gasteiger partial charge in [-0.1, -0.05) is 47.5 Å². The second-order valence-electron chi connectivity index (χ2n) is 8.45. The van der Waals surface area contributed by atoms with Gasteiger partial charge in [-0.05, 0) is 67.9 Å². The van der Waals surface area contributed by atoms with Crippen LogP contribution in [0.2, 0.25) is 5.02 Å². The summed E-state index contributed by atoms with van der Waals surface area (Å²) in [6, 6.07) is 12.2. The van der Waals surface area contributed by atoms with Gasteiger partial charge in [-0.2, -0.15) is 4.31 Å². The van der Waals surface area contributed by atoms with Gasteiger partial charge in [0.15, 0.2) is 6.61 Å². The van der Waals surface area contributed by atoms with Crippen molar-refractivity contribution < 1.29 is 17.9 Å². The average Bonchev–Trinajstić information content (AvgIpc) is 2.83. The van der Waals surface area contributed by atoms with E-state index in [1.165, 1.54) is 46.5 Å². The summed E-state index contributed by atoms with van der Waals surface area (Å²) in [7, 11) is -3.69. The number of fused-ring (bicyclic) bond motifs is 1. The number of carbonyl (C=O) groups is 1. The van der Waals surface area contributed by atoms with Crippen LogP contribution in [0.1, 0.15) is 43.2 Å².